The molecule has 0 bridgehead atoms. The predicted octanol–water partition coefficient (Wildman–Crippen LogP) is 2.51. The summed E-state index contributed by atoms with van der Waals surface area (Å²) >= 11 is 0. The fraction of sp³-hybridized carbons (Fsp3) is 0.455. The molecule has 2 aromatic rings. The van der Waals surface area contributed by atoms with Crippen LogP contribution in [0.5, 0.6) is 0 Å². The van der Waals surface area contributed by atoms with Gasteiger partial charge in [0.1, 0.15) is 5.82 Å². The van der Waals surface area contributed by atoms with Crippen LogP contribution in [0.2, 0.25) is 0 Å². The number of carbonyl (C=O) groups is 1. The molecular formula is C22H28N4O3S. The van der Waals surface area contributed by atoms with Gasteiger partial charge >= 0.3 is 0 Å². The Labute approximate surface area is 178 Å². The first-order valence-corrected chi connectivity index (χ1v) is 12.0. The van der Waals surface area contributed by atoms with Crippen LogP contribution in [0.1, 0.15) is 33.6 Å². The van der Waals surface area contributed by atoms with E-state index in [1.807, 2.05) is 4.90 Å². The molecule has 0 saturated carbocycles. The van der Waals surface area contributed by atoms with E-state index >= 15 is 0 Å². The van der Waals surface area contributed by atoms with Crippen molar-refractivity contribution in [1.82, 2.24) is 9.88 Å². The molecule has 0 atom stereocenters. The number of anilines is 2. The molecule has 0 spiro atoms. The highest BCUT2D eigenvalue weighted by Crippen LogP contribution is 2.25. The summed E-state index contributed by atoms with van der Waals surface area (Å²) in [5, 5.41) is 0. The van der Waals surface area contributed by atoms with Crippen molar-refractivity contribution in [1.29, 1.82) is 0 Å². The lowest BCUT2D eigenvalue weighted by Gasteiger charge is -2.37. The maximum atomic E-state index is 13.1. The van der Waals surface area contributed by atoms with E-state index in [1.54, 1.807) is 19.1 Å². The zero-order chi connectivity index (χ0) is 21.5. The molecule has 7 nitrogen and oxygen atoms in total. The van der Waals surface area contributed by atoms with Crippen molar-refractivity contribution >= 4 is 27.4 Å². The van der Waals surface area contributed by atoms with Crippen LogP contribution < -0.4 is 9.21 Å². The van der Waals surface area contributed by atoms with E-state index in [4.69, 9.17) is 0 Å². The van der Waals surface area contributed by atoms with Crippen LogP contribution >= 0.6 is 0 Å². The van der Waals surface area contributed by atoms with Gasteiger partial charge in [-0.2, -0.15) is 0 Å². The van der Waals surface area contributed by atoms with Crippen molar-refractivity contribution in [2.75, 3.05) is 47.7 Å². The Morgan fingerprint density at radius 2 is 1.70 bits per heavy atom. The summed E-state index contributed by atoms with van der Waals surface area (Å²) < 4.78 is 25.6. The first kappa shape index (κ1) is 20.7. The van der Waals surface area contributed by atoms with E-state index in [9.17, 15) is 13.2 Å². The number of hydrogen-bond donors (Lipinski definition) is 0. The molecule has 2 aliphatic rings. The standard InChI is InChI=1S/C22H28N4O3S/c1-16-5-7-20(17(2)15-16)24-10-12-25(13-11-24)22(27)19-6-8-21(23-18(19)3)26-9-4-14-30(26,28)29/h5-8,15H,4,9-14H2,1-3H3. The summed E-state index contributed by atoms with van der Waals surface area (Å²) in [4.78, 5) is 21.7. The third-order valence-corrected chi connectivity index (χ3v) is 7.76. The van der Waals surface area contributed by atoms with Crippen LogP contribution in [0.3, 0.4) is 0 Å². The highest BCUT2D eigenvalue weighted by atomic mass is 32.2. The van der Waals surface area contributed by atoms with Gasteiger partial charge in [-0.3, -0.25) is 9.10 Å². The number of benzene rings is 1. The Morgan fingerprint density at radius 1 is 0.967 bits per heavy atom. The summed E-state index contributed by atoms with van der Waals surface area (Å²) in [5.41, 5.74) is 4.83. The van der Waals surface area contributed by atoms with Crippen molar-refractivity contribution < 1.29 is 13.2 Å². The number of nitrogens with zero attached hydrogens (tertiary/aromatic N) is 4. The molecule has 3 heterocycles. The van der Waals surface area contributed by atoms with Crippen LogP contribution in [0.25, 0.3) is 0 Å². The van der Waals surface area contributed by atoms with E-state index in [2.05, 4.69) is 41.9 Å². The average molecular weight is 429 g/mol. The number of carbonyl (C=O) groups excluding carboxylic acids is 1. The number of rotatable bonds is 3. The SMILES string of the molecule is Cc1ccc(N2CCN(C(=O)c3ccc(N4CCCS4(=O)=O)nc3C)CC2)c(C)c1. The van der Waals surface area contributed by atoms with Crippen LogP contribution in [0, 0.1) is 20.8 Å². The Morgan fingerprint density at radius 3 is 2.30 bits per heavy atom. The lowest BCUT2D eigenvalue weighted by atomic mass is 10.1. The van der Waals surface area contributed by atoms with Crippen molar-refractivity contribution in [3.63, 3.8) is 0 Å². The minimum atomic E-state index is -3.28. The number of hydrogen-bond acceptors (Lipinski definition) is 5. The van der Waals surface area contributed by atoms with Crippen molar-refractivity contribution in [2.45, 2.75) is 27.2 Å². The van der Waals surface area contributed by atoms with E-state index in [0.717, 1.165) is 13.1 Å². The van der Waals surface area contributed by atoms with E-state index < -0.39 is 10.0 Å². The number of aryl methyl sites for hydroxylation is 3. The van der Waals surface area contributed by atoms with Gasteiger partial charge in [-0.1, -0.05) is 17.7 Å². The lowest BCUT2D eigenvalue weighted by molar-refractivity contribution is 0.0745. The molecule has 1 amide bonds. The summed E-state index contributed by atoms with van der Waals surface area (Å²) in [6.07, 6.45) is 0.606. The van der Waals surface area contributed by atoms with Crippen LogP contribution in [-0.4, -0.2) is 62.7 Å². The zero-order valence-corrected chi connectivity index (χ0v) is 18.6. The second-order valence-corrected chi connectivity index (χ2v) is 10.1. The second kappa shape index (κ2) is 7.91. The minimum absolute atomic E-state index is 0.0453. The van der Waals surface area contributed by atoms with Gasteiger partial charge in [0.15, 0.2) is 0 Å². The third-order valence-electron chi connectivity index (χ3n) is 5.92. The smallest absolute Gasteiger partial charge is 0.255 e. The molecular weight excluding hydrogens is 400 g/mol. The van der Waals surface area contributed by atoms with E-state index in [-0.39, 0.29) is 11.7 Å². The molecule has 0 aliphatic carbocycles. The number of piperazine rings is 1. The van der Waals surface area contributed by atoms with E-state index in [0.29, 0.717) is 43.1 Å². The number of amides is 1. The minimum Gasteiger partial charge on any atom is -0.368 e. The Kier molecular flexibility index (Phi) is 5.44. The number of pyridine rings is 1. The predicted molar refractivity (Wildman–Crippen MR) is 119 cm³/mol. The molecule has 1 aromatic heterocycles. The van der Waals surface area contributed by atoms with Crippen molar-refractivity contribution in [2.24, 2.45) is 0 Å². The Hall–Kier alpha value is -2.61. The molecule has 2 fully saturated rings. The number of aromatic nitrogens is 1. The molecule has 4 rings (SSSR count). The van der Waals surface area contributed by atoms with Gasteiger partial charge in [0.25, 0.3) is 5.91 Å². The van der Waals surface area contributed by atoms with Gasteiger partial charge in [-0.25, -0.2) is 13.4 Å². The molecule has 0 unspecified atom stereocenters. The van der Waals surface area contributed by atoms with Crippen molar-refractivity contribution in [3.05, 3.63) is 52.7 Å². The molecule has 2 aliphatic heterocycles. The molecule has 0 radical (unpaired) electrons. The molecule has 8 heteroatoms. The fourth-order valence-electron chi connectivity index (χ4n) is 4.29. The molecule has 160 valence electrons. The van der Waals surface area contributed by atoms with Gasteiger partial charge in [-0.05, 0) is 51.0 Å². The van der Waals surface area contributed by atoms with Crippen LogP contribution in [-0.2, 0) is 10.0 Å². The Bertz CT molecular complexity index is 1080. The maximum absolute atomic E-state index is 13.1. The quantitative estimate of drug-likeness (QED) is 0.751. The number of sulfonamides is 1. The summed E-state index contributed by atoms with van der Waals surface area (Å²) in [7, 11) is -3.28. The van der Waals surface area contributed by atoms with Gasteiger partial charge in [0.05, 0.1) is 17.0 Å². The Balaban J connectivity index is 1.45. The zero-order valence-electron chi connectivity index (χ0n) is 17.8. The second-order valence-electron chi connectivity index (χ2n) is 8.11. The van der Waals surface area contributed by atoms with Crippen LogP contribution in [0.15, 0.2) is 30.3 Å². The largest absolute Gasteiger partial charge is 0.368 e. The molecule has 1 aromatic carbocycles. The molecule has 2 saturated heterocycles. The summed E-state index contributed by atoms with van der Waals surface area (Å²) in [5.74, 6) is 0.511. The van der Waals surface area contributed by atoms with Gasteiger partial charge < -0.3 is 9.80 Å². The van der Waals surface area contributed by atoms with Gasteiger partial charge in [0.2, 0.25) is 10.0 Å². The monoisotopic (exact) mass is 428 g/mol. The lowest BCUT2D eigenvalue weighted by Crippen LogP contribution is -2.49. The first-order chi connectivity index (χ1) is 14.3. The van der Waals surface area contributed by atoms with Gasteiger partial charge in [0, 0.05) is 38.4 Å². The molecule has 30 heavy (non-hydrogen) atoms. The summed E-state index contributed by atoms with van der Waals surface area (Å²) in [6.45, 7) is 9.29. The van der Waals surface area contributed by atoms with Crippen LogP contribution in [0.4, 0.5) is 11.5 Å². The maximum Gasteiger partial charge on any atom is 0.255 e. The van der Waals surface area contributed by atoms with Gasteiger partial charge in [-0.15, -0.1) is 0 Å². The summed E-state index contributed by atoms with van der Waals surface area (Å²) in [6, 6.07) is 9.82. The fourth-order valence-corrected chi connectivity index (χ4v) is 5.80. The highest BCUT2D eigenvalue weighted by molar-refractivity contribution is 7.93. The van der Waals surface area contributed by atoms with Crippen molar-refractivity contribution in [3.8, 4) is 0 Å². The molecule has 0 N–H and O–H groups in total. The third kappa shape index (κ3) is 3.88. The first-order valence-electron chi connectivity index (χ1n) is 10.4. The normalized spacial score (nSPS) is 18.7. The van der Waals surface area contributed by atoms with E-state index in [1.165, 1.54) is 21.1 Å². The highest BCUT2D eigenvalue weighted by Gasteiger charge is 2.30. The average Bonchev–Trinajstić information content (AvgIpc) is 3.06. The topological polar surface area (TPSA) is 73.8 Å².